The van der Waals surface area contributed by atoms with Gasteiger partial charge in [0.25, 0.3) is 11.6 Å². The van der Waals surface area contributed by atoms with Crippen molar-refractivity contribution in [2.45, 2.75) is 16.0 Å². The van der Waals surface area contributed by atoms with E-state index in [1.165, 1.54) is 30.0 Å². The Balaban J connectivity index is 1.64. The second-order valence-corrected chi connectivity index (χ2v) is 8.75. The first kappa shape index (κ1) is 24.6. The number of nitrogens with one attached hydrogen (secondary N) is 1. The van der Waals surface area contributed by atoms with E-state index in [1.54, 1.807) is 24.3 Å². The normalized spacial score (nSPS) is 14.0. The fourth-order valence-corrected chi connectivity index (χ4v) is 4.51. The van der Waals surface area contributed by atoms with Crippen LogP contribution >= 0.6 is 11.8 Å². The number of carbonyl (C=O) groups is 1. The number of alkyl halides is 3. The third kappa shape index (κ3) is 5.92. The molecule has 0 spiro atoms. The van der Waals surface area contributed by atoms with Gasteiger partial charge < -0.3 is 15.0 Å². The molecule has 0 aromatic heterocycles. The van der Waals surface area contributed by atoms with E-state index >= 15 is 0 Å². The molecule has 0 saturated carbocycles. The molecule has 7 nitrogen and oxygen atoms in total. The highest BCUT2D eigenvalue weighted by Crippen LogP contribution is 2.37. The molecule has 1 saturated heterocycles. The highest BCUT2D eigenvalue weighted by molar-refractivity contribution is 7.99. The maximum Gasteiger partial charge on any atom is 0.416 e. The van der Waals surface area contributed by atoms with Gasteiger partial charge in [-0.3, -0.25) is 14.9 Å². The van der Waals surface area contributed by atoms with Gasteiger partial charge in [0.05, 0.1) is 40.0 Å². The zero-order valence-corrected chi connectivity index (χ0v) is 19.1. The van der Waals surface area contributed by atoms with Crippen molar-refractivity contribution in [3.63, 3.8) is 0 Å². The zero-order valence-electron chi connectivity index (χ0n) is 18.2. The van der Waals surface area contributed by atoms with Gasteiger partial charge >= 0.3 is 6.18 Å². The highest BCUT2D eigenvalue weighted by atomic mass is 32.2. The molecule has 11 heteroatoms. The predicted octanol–water partition coefficient (Wildman–Crippen LogP) is 5.85. The van der Waals surface area contributed by atoms with Crippen LogP contribution in [-0.2, 0) is 10.9 Å². The van der Waals surface area contributed by atoms with Crippen molar-refractivity contribution in [1.29, 1.82) is 0 Å². The minimum atomic E-state index is -4.60. The number of benzene rings is 3. The molecule has 0 aliphatic carbocycles. The van der Waals surface area contributed by atoms with Gasteiger partial charge in [0.15, 0.2) is 0 Å². The van der Waals surface area contributed by atoms with E-state index in [-0.39, 0.29) is 16.9 Å². The summed E-state index contributed by atoms with van der Waals surface area (Å²) in [5.41, 5.74) is -0.841. The molecule has 1 fully saturated rings. The largest absolute Gasteiger partial charge is 0.416 e. The molecular formula is C24H20F3N3O4S. The fourth-order valence-electron chi connectivity index (χ4n) is 3.59. The van der Waals surface area contributed by atoms with Crippen molar-refractivity contribution in [3.05, 3.63) is 88.0 Å². The van der Waals surface area contributed by atoms with Crippen LogP contribution in [0, 0.1) is 10.1 Å². The Bertz CT molecular complexity index is 1230. The van der Waals surface area contributed by atoms with Crippen LogP contribution in [0.15, 0.2) is 76.5 Å². The number of nitrogens with zero attached hydrogens (tertiary/aromatic N) is 2. The van der Waals surface area contributed by atoms with Gasteiger partial charge in [-0.25, -0.2) is 0 Å². The number of ether oxygens (including phenoxy) is 1. The molecule has 35 heavy (non-hydrogen) atoms. The van der Waals surface area contributed by atoms with Crippen LogP contribution in [0.25, 0.3) is 0 Å². The van der Waals surface area contributed by atoms with E-state index in [0.717, 1.165) is 23.1 Å². The Hall–Kier alpha value is -3.57. The van der Waals surface area contributed by atoms with Crippen LogP contribution in [0.4, 0.5) is 30.2 Å². The topological polar surface area (TPSA) is 84.7 Å². The number of amides is 1. The quantitative estimate of drug-likeness (QED) is 0.335. The van der Waals surface area contributed by atoms with E-state index in [1.807, 2.05) is 11.0 Å². The third-order valence-corrected chi connectivity index (χ3v) is 6.39. The number of halogens is 3. The molecule has 3 aromatic carbocycles. The van der Waals surface area contributed by atoms with Crippen LogP contribution in [-0.4, -0.2) is 37.1 Å². The van der Waals surface area contributed by atoms with Crippen LogP contribution < -0.4 is 10.2 Å². The molecule has 1 N–H and O–H groups in total. The Morgan fingerprint density at radius 2 is 1.74 bits per heavy atom. The summed E-state index contributed by atoms with van der Waals surface area (Å²) >= 11 is 1.18. The number of hydrogen-bond donors (Lipinski definition) is 1. The summed E-state index contributed by atoms with van der Waals surface area (Å²) in [5.74, 6) is -0.752. The van der Waals surface area contributed by atoms with Crippen molar-refractivity contribution in [2.75, 3.05) is 36.5 Å². The van der Waals surface area contributed by atoms with Crippen molar-refractivity contribution in [3.8, 4) is 0 Å². The average Bonchev–Trinajstić information content (AvgIpc) is 2.84. The maximum absolute atomic E-state index is 13.3. The Morgan fingerprint density at radius 1 is 1.03 bits per heavy atom. The van der Waals surface area contributed by atoms with Gasteiger partial charge in [0, 0.05) is 29.6 Å². The first-order valence-corrected chi connectivity index (χ1v) is 11.4. The van der Waals surface area contributed by atoms with Crippen LogP contribution in [0.2, 0.25) is 0 Å². The molecular weight excluding hydrogens is 483 g/mol. The van der Waals surface area contributed by atoms with Crippen LogP contribution in [0.1, 0.15) is 15.9 Å². The summed E-state index contributed by atoms with van der Waals surface area (Å²) < 4.78 is 45.3. The molecule has 1 aliphatic heterocycles. The van der Waals surface area contributed by atoms with E-state index in [0.29, 0.717) is 36.9 Å². The number of carbonyl (C=O) groups excluding carboxylic acids is 1. The van der Waals surface area contributed by atoms with Gasteiger partial charge in [-0.05, 0) is 42.5 Å². The first-order chi connectivity index (χ1) is 16.7. The molecule has 0 unspecified atom stereocenters. The Morgan fingerprint density at radius 3 is 2.40 bits per heavy atom. The lowest BCUT2D eigenvalue weighted by atomic mass is 10.1. The summed E-state index contributed by atoms with van der Waals surface area (Å²) in [6, 6.07) is 16.2. The standard InChI is InChI=1S/C24H20F3N3O4S/c25-24(26,27)17-7-8-20(29-10-12-34-13-11-29)19(15-17)28-23(31)16-6-9-22(21(14-16)30(32)33)35-18-4-2-1-3-5-18/h1-9,14-15H,10-13H2,(H,28,31). The van der Waals surface area contributed by atoms with E-state index in [2.05, 4.69) is 5.32 Å². The second kappa shape index (κ2) is 10.4. The summed E-state index contributed by atoms with van der Waals surface area (Å²) in [5, 5.41) is 14.2. The fraction of sp³-hybridized carbons (Fsp3) is 0.208. The lowest BCUT2D eigenvalue weighted by Crippen LogP contribution is -2.36. The number of anilines is 2. The minimum Gasteiger partial charge on any atom is -0.378 e. The summed E-state index contributed by atoms with van der Waals surface area (Å²) in [4.78, 5) is 27.0. The maximum atomic E-state index is 13.3. The SMILES string of the molecule is O=C(Nc1cc(C(F)(F)F)ccc1N1CCOCC1)c1ccc(Sc2ccccc2)c([N+](=O)[O-])c1. The van der Waals surface area contributed by atoms with Crippen molar-refractivity contribution < 1.29 is 27.6 Å². The summed E-state index contributed by atoms with van der Waals surface area (Å²) in [7, 11) is 0. The number of hydrogen-bond acceptors (Lipinski definition) is 6. The van der Waals surface area contributed by atoms with Gasteiger partial charge in [-0.2, -0.15) is 13.2 Å². The van der Waals surface area contributed by atoms with Crippen LogP contribution in [0.5, 0.6) is 0 Å². The minimum absolute atomic E-state index is 0.0304. The second-order valence-electron chi connectivity index (χ2n) is 7.64. The van der Waals surface area contributed by atoms with E-state index in [4.69, 9.17) is 4.74 Å². The lowest BCUT2D eigenvalue weighted by molar-refractivity contribution is -0.387. The number of nitro groups is 1. The van der Waals surface area contributed by atoms with Gasteiger partial charge in [-0.1, -0.05) is 30.0 Å². The molecule has 0 atom stereocenters. The number of morpholine rings is 1. The lowest BCUT2D eigenvalue weighted by Gasteiger charge is -2.31. The van der Waals surface area contributed by atoms with Crippen molar-refractivity contribution in [2.24, 2.45) is 0 Å². The molecule has 3 aromatic rings. The number of rotatable bonds is 6. The van der Waals surface area contributed by atoms with Crippen molar-refractivity contribution >= 4 is 34.7 Å². The molecule has 0 bridgehead atoms. The van der Waals surface area contributed by atoms with E-state index in [9.17, 15) is 28.1 Å². The molecule has 0 radical (unpaired) electrons. The Kier molecular flexibility index (Phi) is 7.27. The monoisotopic (exact) mass is 503 g/mol. The first-order valence-electron chi connectivity index (χ1n) is 10.6. The molecule has 1 aliphatic rings. The summed E-state index contributed by atoms with van der Waals surface area (Å²) in [6.45, 7) is 1.71. The zero-order chi connectivity index (χ0) is 25.0. The predicted molar refractivity (Wildman–Crippen MR) is 126 cm³/mol. The Labute approximate surface area is 203 Å². The third-order valence-electron chi connectivity index (χ3n) is 5.31. The van der Waals surface area contributed by atoms with Gasteiger partial charge in [-0.15, -0.1) is 0 Å². The molecule has 182 valence electrons. The van der Waals surface area contributed by atoms with Gasteiger partial charge in [0.1, 0.15) is 0 Å². The van der Waals surface area contributed by atoms with Crippen LogP contribution in [0.3, 0.4) is 0 Å². The average molecular weight is 504 g/mol. The van der Waals surface area contributed by atoms with Gasteiger partial charge in [0.2, 0.25) is 0 Å². The number of nitro benzene ring substituents is 1. The molecule has 1 heterocycles. The smallest absolute Gasteiger partial charge is 0.378 e. The molecule has 4 rings (SSSR count). The molecule has 1 amide bonds. The van der Waals surface area contributed by atoms with E-state index < -0.39 is 22.6 Å². The van der Waals surface area contributed by atoms with Crippen molar-refractivity contribution in [1.82, 2.24) is 0 Å². The summed E-state index contributed by atoms with van der Waals surface area (Å²) in [6.07, 6.45) is -4.60. The highest BCUT2D eigenvalue weighted by Gasteiger charge is 2.32.